The van der Waals surface area contributed by atoms with Crippen LogP contribution in [0, 0.1) is 12.8 Å². The smallest absolute Gasteiger partial charge is 0.408 e. The maximum Gasteiger partial charge on any atom is 0.408 e. The molecular weight excluding hydrogens is 442 g/mol. The summed E-state index contributed by atoms with van der Waals surface area (Å²) in [5.74, 6) is -0.416. The lowest BCUT2D eigenvalue weighted by atomic mass is 10.0. The van der Waals surface area contributed by atoms with E-state index in [1.165, 1.54) is 0 Å². The summed E-state index contributed by atoms with van der Waals surface area (Å²) in [6, 6.07) is 14.0. The predicted octanol–water partition coefficient (Wildman–Crippen LogP) is 5.08. The minimum atomic E-state index is -0.877. The van der Waals surface area contributed by atoms with Crippen molar-refractivity contribution in [3.8, 4) is 0 Å². The number of nitrogens with one attached hydrogen (secondary N) is 2. The van der Waals surface area contributed by atoms with Crippen LogP contribution in [-0.4, -0.2) is 41.0 Å². The number of ether oxygens (including phenoxy) is 1. The van der Waals surface area contributed by atoms with Gasteiger partial charge in [0.05, 0.1) is 0 Å². The van der Waals surface area contributed by atoms with Crippen molar-refractivity contribution in [3.05, 3.63) is 71.8 Å². The molecule has 0 heterocycles. The number of para-hydroxylation sites is 1. The molecule has 1 aliphatic rings. The first-order valence-corrected chi connectivity index (χ1v) is 11.9. The van der Waals surface area contributed by atoms with Gasteiger partial charge in [-0.15, -0.1) is 0 Å². The van der Waals surface area contributed by atoms with Crippen LogP contribution in [0.5, 0.6) is 0 Å². The second-order valence-corrected chi connectivity index (χ2v) is 10.0. The van der Waals surface area contributed by atoms with Crippen LogP contribution in [0.25, 0.3) is 6.08 Å². The van der Waals surface area contributed by atoms with Gasteiger partial charge in [0.15, 0.2) is 0 Å². The molecule has 0 bridgehead atoms. The third-order valence-corrected chi connectivity index (χ3v) is 5.89. The van der Waals surface area contributed by atoms with Crippen molar-refractivity contribution in [1.82, 2.24) is 10.2 Å². The van der Waals surface area contributed by atoms with E-state index in [0.717, 1.165) is 17.5 Å². The van der Waals surface area contributed by atoms with Crippen molar-refractivity contribution in [3.63, 3.8) is 0 Å². The Morgan fingerprint density at radius 3 is 2.46 bits per heavy atom. The highest BCUT2D eigenvalue weighted by Gasteiger charge is 2.46. The van der Waals surface area contributed by atoms with E-state index in [1.807, 2.05) is 62.4 Å². The second-order valence-electron chi connectivity index (χ2n) is 10.0. The summed E-state index contributed by atoms with van der Waals surface area (Å²) in [6.07, 6.45) is 1.81. The van der Waals surface area contributed by atoms with Gasteiger partial charge in [0.2, 0.25) is 5.91 Å². The number of hydrogen-bond donors (Lipinski definition) is 2. The Bertz CT molecular complexity index is 1110. The molecule has 3 atom stereocenters. The number of benzene rings is 2. The lowest BCUT2D eigenvalue weighted by Gasteiger charge is -2.32. The molecule has 1 aliphatic carbocycles. The van der Waals surface area contributed by atoms with Gasteiger partial charge in [-0.2, -0.15) is 0 Å². The molecule has 0 radical (unpaired) electrons. The number of carbonyl (C=O) groups is 3. The van der Waals surface area contributed by atoms with Crippen molar-refractivity contribution in [1.29, 1.82) is 0 Å². The highest BCUT2D eigenvalue weighted by atomic mass is 16.6. The molecule has 1 fully saturated rings. The number of nitrogens with zero attached hydrogens (tertiary/aromatic N) is 1. The van der Waals surface area contributed by atoms with Crippen LogP contribution < -0.4 is 10.6 Å². The maximum absolute atomic E-state index is 13.7. The number of carbonyl (C=O) groups excluding carboxylic acids is 3. The average molecular weight is 478 g/mol. The molecule has 2 N–H and O–H groups in total. The first-order valence-electron chi connectivity index (χ1n) is 11.9. The molecule has 2 aromatic rings. The van der Waals surface area contributed by atoms with Crippen LogP contribution in [0.1, 0.15) is 56.8 Å². The van der Waals surface area contributed by atoms with E-state index < -0.39 is 17.7 Å². The fraction of sp³-hybridized carbons (Fsp3) is 0.393. The SMILES string of the molecule is C=Cc1cccc(C(C(=O)Nc2ccccc2C)N(C(=O)CNC(=O)OC(C)(C)C)C2CC2C)c1. The largest absolute Gasteiger partial charge is 0.444 e. The summed E-state index contributed by atoms with van der Waals surface area (Å²) in [7, 11) is 0. The molecule has 0 spiro atoms. The van der Waals surface area contributed by atoms with E-state index in [4.69, 9.17) is 4.74 Å². The summed E-state index contributed by atoms with van der Waals surface area (Å²) in [4.78, 5) is 41.0. The number of hydrogen-bond acceptors (Lipinski definition) is 4. The molecule has 186 valence electrons. The molecule has 1 saturated carbocycles. The molecule has 3 rings (SSSR count). The van der Waals surface area contributed by atoms with Gasteiger partial charge in [-0.3, -0.25) is 9.59 Å². The van der Waals surface area contributed by atoms with Crippen molar-refractivity contribution in [2.45, 2.75) is 58.7 Å². The summed E-state index contributed by atoms with van der Waals surface area (Å²) in [5.41, 5.74) is 2.45. The van der Waals surface area contributed by atoms with Crippen LogP contribution in [-0.2, 0) is 14.3 Å². The molecule has 0 saturated heterocycles. The van der Waals surface area contributed by atoms with Gasteiger partial charge in [-0.25, -0.2) is 4.79 Å². The number of aryl methyl sites for hydroxylation is 1. The number of alkyl carbamates (subject to hydrolysis) is 1. The molecule has 3 amide bonds. The molecular formula is C28H35N3O4. The summed E-state index contributed by atoms with van der Waals surface area (Å²) in [5, 5.41) is 5.55. The Morgan fingerprint density at radius 1 is 1.17 bits per heavy atom. The lowest BCUT2D eigenvalue weighted by Crippen LogP contribution is -2.48. The Morgan fingerprint density at radius 2 is 1.86 bits per heavy atom. The molecule has 7 nitrogen and oxygen atoms in total. The number of amides is 3. The zero-order valence-corrected chi connectivity index (χ0v) is 21.1. The standard InChI is InChI=1S/C28H35N3O4/c1-7-20-12-10-13-21(16-20)25(26(33)30-22-14-9-8-11-18(22)2)31(23-15-19(23)3)24(32)17-29-27(34)35-28(4,5)6/h7-14,16,19,23,25H,1,15,17H2,2-6H3,(H,29,34)(H,30,33). The molecule has 0 aromatic heterocycles. The Hall–Kier alpha value is -3.61. The van der Waals surface area contributed by atoms with E-state index in [0.29, 0.717) is 11.3 Å². The second kappa shape index (κ2) is 10.8. The maximum atomic E-state index is 13.7. The minimum Gasteiger partial charge on any atom is -0.444 e. The Kier molecular flexibility index (Phi) is 7.99. The van der Waals surface area contributed by atoms with E-state index in [1.54, 1.807) is 31.7 Å². The van der Waals surface area contributed by atoms with Crippen LogP contribution in [0.3, 0.4) is 0 Å². The molecule has 7 heteroatoms. The fourth-order valence-corrected chi connectivity index (χ4v) is 3.97. The third kappa shape index (κ3) is 6.94. The first-order chi connectivity index (χ1) is 16.5. The van der Waals surface area contributed by atoms with Crippen LogP contribution in [0.15, 0.2) is 55.1 Å². The Balaban J connectivity index is 1.93. The fourth-order valence-electron chi connectivity index (χ4n) is 3.97. The average Bonchev–Trinajstić information content (AvgIpc) is 3.51. The molecule has 2 aromatic carbocycles. The van der Waals surface area contributed by atoms with Crippen molar-refractivity contribution < 1.29 is 19.1 Å². The predicted molar refractivity (Wildman–Crippen MR) is 138 cm³/mol. The lowest BCUT2D eigenvalue weighted by molar-refractivity contribution is -0.139. The van der Waals surface area contributed by atoms with Crippen LogP contribution in [0.2, 0.25) is 0 Å². The van der Waals surface area contributed by atoms with Crippen molar-refractivity contribution in [2.24, 2.45) is 5.92 Å². The third-order valence-electron chi connectivity index (χ3n) is 5.89. The van der Waals surface area contributed by atoms with Gasteiger partial charge in [0, 0.05) is 11.7 Å². The quantitative estimate of drug-likeness (QED) is 0.555. The van der Waals surface area contributed by atoms with Crippen LogP contribution >= 0.6 is 0 Å². The highest BCUT2D eigenvalue weighted by Crippen LogP contribution is 2.40. The van der Waals surface area contributed by atoms with E-state index in [9.17, 15) is 14.4 Å². The topological polar surface area (TPSA) is 87.7 Å². The monoisotopic (exact) mass is 477 g/mol. The van der Waals surface area contributed by atoms with Crippen molar-refractivity contribution >= 4 is 29.7 Å². The van der Waals surface area contributed by atoms with Gasteiger partial charge in [0.25, 0.3) is 5.91 Å². The summed E-state index contributed by atoms with van der Waals surface area (Å²) >= 11 is 0. The van der Waals surface area contributed by atoms with E-state index in [-0.39, 0.29) is 30.3 Å². The van der Waals surface area contributed by atoms with Crippen molar-refractivity contribution in [2.75, 3.05) is 11.9 Å². The number of anilines is 1. The van der Waals surface area contributed by atoms with Crippen LogP contribution in [0.4, 0.5) is 10.5 Å². The summed E-state index contributed by atoms with van der Waals surface area (Å²) < 4.78 is 5.27. The van der Waals surface area contributed by atoms with Gasteiger partial charge >= 0.3 is 6.09 Å². The minimum absolute atomic E-state index is 0.108. The molecule has 3 unspecified atom stereocenters. The number of rotatable bonds is 8. The zero-order valence-electron chi connectivity index (χ0n) is 21.1. The normalized spacial score (nSPS) is 17.6. The summed E-state index contributed by atoms with van der Waals surface area (Å²) in [6.45, 7) is 12.8. The van der Waals surface area contributed by atoms with Gasteiger partial charge < -0.3 is 20.3 Å². The Labute approximate surface area is 207 Å². The molecule has 35 heavy (non-hydrogen) atoms. The molecule has 0 aliphatic heterocycles. The highest BCUT2D eigenvalue weighted by molar-refractivity contribution is 5.99. The van der Waals surface area contributed by atoms with Gasteiger partial charge in [0.1, 0.15) is 18.2 Å². The zero-order chi connectivity index (χ0) is 25.8. The van der Waals surface area contributed by atoms with E-state index >= 15 is 0 Å². The van der Waals surface area contributed by atoms with E-state index in [2.05, 4.69) is 17.2 Å². The first kappa shape index (κ1) is 26.0. The van der Waals surface area contributed by atoms with Gasteiger partial charge in [-0.1, -0.05) is 56.0 Å². The van der Waals surface area contributed by atoms with Gasteiger partial charge in [-0.05, 0) is 68.9 Å².